The molecular weight excluding hydrogens is 318 g/mol. The topological polar surface area (TPSA) is 64.8 Å². The van der Waals surface area contributed by atoms with Crippen LogP contribution in [0.15, 0.2) is 16.7 Å². The molecule has 3 heterocycles. The summed E-state index contributed by atoms with van der Waals surface area (Å²) >= 11 is 3.38. The third-order valence-electron chi connectivity index (χ3n) is 3.25. The van der Waals surface area contributed by atoms with Gasteiger partial charge in [-0.25, -0.2) is 18.1 Å². The van der Waals surface area contributed by atoms with Crippen LogP contribution in [0.4, 0.5) is 0 Å². The van der Waals surface area contributed by atoms with Crippen LogP contribution < -0.4 is 0 Å². The van der Waals surface area contributed by atoms with Crippen LogP contribution >= 0.6 is 15.9 Å². The van der Waals surface area contributed by atoms with Gasteiger partial charge < -0.3 is 0 Å². The molecule has 1 fully saturated rings. The molecule has 0 N–H and O–H groups in total. The van der Waals surface area contributed by atoms with Crippen molar-refractivity contribution >= 4 is 36.8 Å². The Hall–Kier alpha value is -0.950. The summed E-state index contributed by atoms with van der Waals surface area (Å²) in [5, 5.41) is 5.41. The van der Waals surface area contributed by atoms with Gasteiger partial charge >= 0.3 is 0 Å². The lowest BCUT2D eigenvalue weighted by molar-refractivity contribution is 0.509. The summed E-state index contributed by atoms with van der Waals surface area (Å²) in [6, 6.07) is 1.88. The Labute approximate surface area is 113 Å². The van der Waals surface area contributed by atoms with Gasteiger partial charge in [-0.2, -0.15) is 5.10 Å². The van der Waals surface area contributed by atoms with Gasteiger partial charge in [-0.15, -0.1) is 0 Å². The zero-order chi connectivity index (χ0) is 12.9. The number of nitrogens with zero attached hydrogens (tertiary/aromatic N) is 3. The minimum atomic E-state index is -2.91. The smallest absolute Gasteiger partial charge is 0.158 e. The third kappa shape index (κ3) is 1.95. The number of aryl methyl sites for hydroxylation is 1. The van der Waals surface area contributed by atoms with Gasteiger partial charge in [-0.05, 0) is 35.3 Å². The summed E-state index contributed by atoms with van der Waals surface area (Å²) in [6.07, 6.45) is 2.33. The van der Waals surface area contributed by atoms with Gasteiger partial charge in [-0.1, -0.05) is 0 Å². The molecule has 0 aromatic carbocycles. The lowest BCUT2D eigenvalue weighted by Crippen LogP contribution is -2.12. The molecule has 96 valence electrons. The quantitative estimate of drug-likeness (QED) is 0.801. The van der Waals surface area contributed by atoms with Gasteiger partial charge in [0, 0.05) is 16.1 Å². The second-order valence-electron chi connectivity index (χ2n) is 4.61. The number of rotatable bonds is 1. The Kier molecular flexibility index (Phi) is 2.71. The molecule has 3 rings (SSSR count). The van der Waals surface area contributed by atoms with Crippen LogP contribution in [0.2, 0.25) is 0 Å². The lowest BCUT2D eigenvalue weighted by Gasteiger charge is -2.08. The molecule has 0 amide bonds. The number of hydrogen-bond donors (Lipinski definition) is 0. The molecule has 2 aromatic heterocycles. The first-order chi connectivity index (χ1) is 8.46. The van der Waals surface area contributed by atoms with E-state index in [4.69, 9.17) is 0 Å². The Morgan fingerprint density at radius 2 is 2.28 bits per heavy atom. The Morgan fingerprint density at radius 1 is 1.50 bits per heavy atom. The van der Waals surface area contributed by atoms with E-state index in [0.29, 0.717) is 6.42 Å². The van der Waals surface area contributed by atoms with Crippen molar-refractivity contribution in [2.45, 2.75) is 19.4 Å². The van der Waals surface area contributed by atoms with Gasteiger partial charge in [0.1, 0.15) is 0 Å². The Bertz CT molecular complexity index is 723. The number of fused-ring (bicyclic) bond motifs is 1. The molecule has 2 aromatic rings. The van der Waals surface area contributed by atoms with Gasteiger partial charge in [0.2, 0.25) is 0 Å². The Balaban J connectivity index is 2.14. The van der Waals surface area contributed by atoms with Crippen LogP contribution in [0.3, 0.4) is 0 Å². The summed E-state index contributed by atoms with van der Waals surface area (Å²) in [4.78, 5) is 4.35. The van der Waals surface area contributed by atoms with Crippen molar-refractivity contribution in [3.05, 3.63) is 22.4 Å². The molecule has 1 aliphatic rings. The van der Waals surface area contributed by atoms with E-state index < -0.39 is 9.84 Å². The van der Waals surface area contributed by atoms with E-state index in [0.717, 1.165) is 21.2 Å². The molecule has 0 aliphatic carbocycles. The van der Waals surface area contributed by atoms with Gasteiger partial charge in [0.25, 0.3) is 0 Å². The highest BCUT2D eigenvalue weighted by atomic mass is 79.9. The monoisotopic (exact) mass is 329 g/mol. The highest BCUT2D eigenvalue weighted by molar-refractivity contribution is 9.10. The SMILES string of the molecule is Cc1nn(C2CCS(=O)(=O)C2)c2ncc(Br)cc12. The second kappa shape index (κ2) is 4.03. The predicted octanol–water partition coefficient (Wildman–Crippen LogP) is 1.86. The van der Waals surface area contributed by atoms with Crippen LogP contribution in [0.5, 0.6) is 0 Å². The highest BCUT2D eigenvalue weighted by Gasteiger charge is 2.31. The maximum absolute atomic E-state index is 11.5. The zero-order valence-electron chi connectivity index (χ0n) is 9.80. The van der Waals surface area contributed by atoms with Gasteiger partial charge in [0.15, 0.2) is 15.5 Å². The number of pyridine rings is 1. The maximum Gasteiger partial charge on any atom is 0.158 e. The van der Waals surface area contributed by atoms with E-state index >= 15 is 0 Å². The first-order valence-corrected chi connectivity index (χ1v) is 8.28. The zero-order valence-corrected chi connectivity index (χ0v) is 12.2. The molecular formula is C11H12BrN3O2S. The molecule has 1 unspecified atom stereocenters. The van der Waals surface area contributed by atoms with Gasteiger partial charge in [0.05, 0.1) is 23.2 Å². The van der Waals surface area contributed by atoms with Gasteiger partial charge in [-0.3, -0.25) is 0 Å². The summed E-state index contributed by atoms with van der Waals surface area (Å²) in [5.41, 5.74) is 1.64. The Morgan fingerprint density at radius 3 is 2.94 bits per heavy atom. The normalized spacial score (nSPS) is 22.7. The largest absolute Gasteiger partial charge is 0.243 e. The minimum Gasteiger partial charge on any atom is -0.243 e. The lowest BCUT2D eigenvalue weighted by atomic mass is 10.2. The van der Waals surface area contributed by atoms with Crippen molar-refractivity contribution in [3.63, 3.8) is 0 Å². The van der Waals surface area contributed by atoms with Crippen molar-refractivity contribution in [1.29, 1.82) is 0 Å². The molecule has 18 heavy (non-hydrogen) atoms. The number of halogens is 1. The first kappa shape index (κ1) is 12.1. The van der Waals surface area contributed by atoms with E-state index in [1.165, 1.54) is 0 Å². The average molecular weight is 330 g/mol. The maximum atomic E-state index is 11.5. The number of sulfone groups is 1. The van der Waals surface area contributed by atoms with Crippen molar-refractivity contribution in [3.8, 4) is 0 Å². The molecule has 0 saturated carbocycles. The number of hydrogen-bond acceptors (Lipinski definition) is 4. The molecule has 1 aliphatic heterocycles. The molecule has 1 saturated heterocycles. The fourth-order valence-electron chi connectivity index (χ4n) is 2.37. The molecule has 0 spiro atoms. The highest BCUT2D eigenvalue weighted by Crippen LogP contribution is 2.28. The van der Waals surface area contributed by atoms with Crippen LogP contribution in [0.1, 0.15) is 18.2 Å². The summed E-state index contributed by atoms with van der Waals surface area (Å²) in [5.74, 6) is 0.412. The molecule has 0 bridgehead atoms. The summed E-state index contributed by atoms with van der Waals surface area (Å²) in [6.45, 7) is 1.91. The standard InChI is InChI=1S/C11H12BrN3O2S/c1-7-10-4-8(12)5-13-11(10)15(14-7)9-2-3-18(16,17)6-9/h4-5,9H,2-3,6H2,1H3. The first-order valence-electron chi connectivity index (χ1n) is 5.67. The summed E-state index contributed by atoms with van der Waals surface area (Å²) < 4.78 is 25.7. The van der Waals surface area contributed by atoms with E-state index in [9.17, 15) is 8.42 Å². The fourth-order valence-corrected chi connectivity index (χ4v) is 4.39. The number of aromatic nitrogens is 3. The molecule has 0 radical (unpaired) electrons. The predicted molar refractivity (Wildman–Crippen MR) is 72.3 cm³/mol. The van der Waals surface area contributed by atoms with Crippen LogP contribution in [0, 0.1) is 6.92 Å². The second-order valence-corrected chi connectivity index (χ2v) is 7.76. The van der Waals surface area contributed by atoms with Crippen LogP contribution in [0.25, 0.3) is 11.0 Å². The molecule has 5 nitrogen and oxygen atoms in total. The van der Waals surface area contributed by atoms with Crippen LogP contribution in [-0.4, -0.2) is 34.7 Å². The third-order valence-corrected chi connectivity index (χ3v) is 5.44. The van der Waals surface area contributed by atoms with Crippen molar-refractivity contribution in [2.75, 3.05) is 11.5 Å². The minimum absolute atomic E-state index is 0.0834. The van der Waals surface area contributed by atoms with Crippen molar-refractivity contribution in [1.82, 2.24) is 14.8 Å². The van der Waals surface area contributed by atoms with Crippen LogP contribution in [-0.2, 0) is 9.84 Å². The van der Waals surface area contributed by atoms with E-state index in [-0.39, 0.29) is 17.5 Å². The fraction of sp³-hybridized carbons (Fsp3) is 0.455. The average Bonchev–Trinajstić information content (AvgIpc) is 2.80. The van der Waals surface area contributed by atoms with E-state index in [2.05, 4.69) is 26.0 Å². The molecule has 1 atom stereocenters. The molecule has 7 heteroatoms. The van der Waals surface area contributed by atoms with Crippen molar-refractivity contribution < 1.29 is 8.42 Å². The van der Waals surface area contributed by atoms with E-state index in [1.54, 1.807) is 10.9 Å². The van der Waals surface area contributed by atoms with Crippen molar-refractivity contribution in [2.24, 2.45) is 0 Å². The van der Waals surface area contributed by atoms with E-state index in [1.807, 2.05) is 13.0 Å². The summed E-state index contributed by atoms with van der Waals surface area (Å²) in [7, 11) is -2.91.